The first kappa shape index (κ1) is 13.9. The second kappa shape index (κ2) is 5.76. The van der Waals surface area contributed by atoms with Gasteiger partial charge in [-0.25, -0.2) is 9.59 Å². The van der Waals surface area contributed by atoms with Crippen LogP contribution in [0.4, 0.5) is 4.79 Å². The lowest BCUT2D eigenvalue weighted by Gasteiger charge is -2.24. The van der Waals surface area contributed by atoms with Crippen molar-refractivity contribution in [1.29, 1.82) is 0 Å². The van der Waals surface area contributed by atoms with Gasteiger partial charge in [-0.15, -0.1) is 0 Å². The van der Waals surface area contributed by atoms with E-state index in [4.69, 9.17) is 0 Å². The SMILES string of the molecule is O=C(O)C(NC(=O)N1CCCc2ccccc2C1)C1CC1. The van der Waals surface area contributed by atoms with Crippen LogP contribution in [-0.2, 0) is 17.8 Å². The molecule has 112 valence electrons. The molecule has 0 saturated heterocycles. The first-order chi connectivity index (χ1) is 10.1. The fourth-order valence-electron chi connectivity index (χ4n) is 2.91. The van der Waals surface area contributed by atoms with E-state index >= 15 is 0 Å². The molecule has 1 unspecified atom stereocenters. The number of benzene rings is 1. The summed E-state index contributed by atoms with van der Waals surface area (Å²) in [4.78, 5) is 25.3. The van der Waals surface area contributed by atoms with Crippen molar-refractivity contribution in [2.75, 3.05) is 6.54 Å². The number of amides is 2. The number of carbonyl (C=O) groups excluding carboxylic acids is 1. The van der Waals surface area contributed by atoms with Crippen LogP contribution in [0.2, 0.25) is 0 Å². The standard InChI is InChI=1S/C16H20N2O3/c19-15(20)14(12-7-8-12)17-16(21)18-9-3-6-11-4-1-2-5-13(11)10-18/h1-2,4-5,12,14H,3,6-10H2,(H,17,21)(H,19,20). The van der Waals surface area contributed by atoms with Gasteiger partial charge in [-0.3, -0.25) is 0 Å². The molecular formula is C16H20N2O3. The van der Waals surface area contributed by atoms with Crippen molar-refractivity contribution in [2.24, 2.45) is 5.92 Å². The Morgan fingerprint density at radius 3 is 2.62 bits per heavy atom. The summed E-state index contributed by atoms with van der Waals surface area (Å²) in [6, 6.07) is 7.13. The molecule has 1 saturated carbocycles. The maximum Gasteiger partial charge on any atom is 0.326 e. The number of fused-ring (bicyclic) bond motifs is 1. The molecule has 2 aliphatic rings. The molecule has 0 radical (unpaired) electrons. The van der Waals surface area contributed by atoms with E-state index in [9.17, 15) is 14.7 Å². The summed E-state index contributed by atoms with van der Waals surface area (Å²) in [5.74, 6) is -0.827. The molecule has 1 fully saturated rings. The fourth-order valence-corrected chi connectivity index (χ4v) is 2.91. The summed E-state index contributed by atoms with van der Waals surface area (Å²) in [6.07, 6.45) is 3.65. The quantitative estimate of drug-likeness (QED) is 0.894. The van der Waals surface area contributed by atoms with Crippen LogP contribution in [0.1, 0.15) is 30.4 Å². The molecule has 1 heterocycles. The zero-order valence-corrected chi connectivity index (χ0v) is 11.9. The third-order valence-corrected chi connectivity index (χ3v) is 4.28. The van der Waals surface area contributed by atoms with Crippen molar-refractivity contribution >= 4 is 12.0 Å². The molecule has 1 atom stereocenters. The number of rotatable bonds is 3. The van der Waals surface area contributed by atoms with Crippen LogP contribution in [0.15, 0.2) is 24.3 Å². The second-order valence-electron chi connectivity index (χ2n) is 5.90. The molecular weight excluding hydrogens is 268 g/mol. The summed E-state index contributed by atoms with van der Waals surface area (Å²) in [5, 5.41) is 11.9. The number of urea groups is 1. The average Bonchev–Trinajstić information content (AvgIpc) is 3.29. The van der Waals surface area contributed by atoms with Crippen molar-refractivity contribution in [2.45, 2.75) is 38.3 Å². The molecule has 5 nitrogen and oxygen atoms in total. The van der Waals surface area contributed by atoms with Gasteiger partial charge in [0, 0.05) is 13.1 Å². The third kappa shape index (κ3) is 3.17. The Bertz CT molecular complexity index is 554. The number of aryl methyl sites for hydroxylation is 1. The first-order valence-electron chi connectivity index (χ1n) is 7.50. The normalized spacial score (nSPS) is 19.3. The van der Waals surface area contributed by atoms with E-state index in [2.05, 4.69) is 11.4 Å². The summed E-state index contributed by atoms with van der Waals surface area (Å²) in [6.45, 7) is 1.22. The van der Waals surface area contributed by atoms with Crippen molar-refractivity contribution in [3.05, 3.63) is 35.4 Å². The highest BCUT2D eigenvalue weighted by Crippen LogP contribution is 2.33. The maximum atomic E-state index is 12.4. The van der Waals surface area contributed by atoms with Gasteiger partial charge >= 0.3 is 12.0 Å². The predicted octanol–water partition coefficient (Wildman–Crippen LogP) is 2.01. The Balaban J connectivity index is 1.68. The molecule has 21 heavy (non-hydrogen) atoms. The predicted molar refractivity (Wildman–Crippen MR) is 77.9 cm³/mol. The lowest BCUT2D eigenvalue weighted by atomic mass is 10.0. The van der Waals surface area contributed by atoms with Crippen molar-refractivity contribution in [3.8, 4) is 0 Å². The second-order valence-corrected chi connectivity index (χ2v) is 5.90. The summed E-state index contributed by atoms with van der Waals surface area (Å²) < 4.78 is 0. The van der Waals surface area contributed by atoms with Gasteiger partial charge in [-0.2, -0.15) is 0 Å². The Kier molecular flexibility index (Phi) is 3.82. The molecule has 1 aliphatic heterocycles. The van der Waals surface area contributed by atoms with E-state index in [1.807, 2.05) is 18.2 Å². The number of hydrogen-bond acceptors (Lipinski definition) is 2. The lowest BCUT2D eigenvalue weighted by Crippen LogP contribution is -2.48. The molecule has 1 aliphatic carbocycles. The van der Waals surface area contributed by atoms with Gasteiger partial charge in [0.1, 0.15) is 6.04 Å². The lowest BCUT2D eigenvalue weighted by molar-refractivity contribution is -0.139. The van der Waals surface area contributed by atoms with Crippen molar-refractivity contribution in [1.82, 2.24) is 10.2 Å². The molecule has 2 amide bonds. The Morgan fingerprint density at radius 2 is 1.95 bits per heavy atom. The number of carbonyl (C=O) groups is 2. The van der Waals surface area contributed by atoms with Gasteiger partial charge in [-0.1, -0.05) is 24.3 Å². The van der Waals surface area contributed by atoms with E-state index in [1.165, 1.54) is 5.56 Å². The Morgan fingerprint density at radius 1 is 1.24 bits per heavy atom. The highest BCUT2D eigenvalue weighted by molar-refractivity contribution is 5.83. The van der Waals surface area contributed by atoms with Crippen LogP contribution in [0.25, 0.3) is 0 Å². The van der Waals surface area contributed by atoms with Crippen LogP contribution in [0.3, 0.4) is 0 Å². The highest BCUT2D eigenvalue weighted by Gasteiger charge is 2.38. The van der Waals surface area contributed by atoms with E-state index in [0.717, 1.165) is 31.2 Å². The van der Waals surface area contributed by atoms with Gasteiger partial charge in [0.25, 0.3) is 0 Å². The molecule has 0 bridgehead atoms. The largest absolute Gasteiger partial charge is 0.480 e. The molecule has 0 aromatic heterocycles. The number of carboxylic acids is 1. The van der Waals surface area contributed by atoms with Gasteiger partial charge in [0.2, 0.25) is 0 Å². The molecule has 2 N–H and O–H groups in total. The Labute approximate surface area is 123 Å². The minimum absolute atomic E-state index is 0.103. The summed E-state index contributed by atoms with van der Waals surface area (Å²) >= 11 is 0. The smallest absolute Gasteiger partial charge is 0.326 e. The van der Waals surface area contributed by atoms with E-state index in [1.54, 1.807) is 4.90 Å². The van der Waals surface area contributed by atoms with E-state index < -0.39 is 12.0 Å². The van der Waals surface area contributed by atoms with Crippen molar-refractivity contribution < 1.29 is 14.7 Å². The van der Waals surface area contributed by atoms with Crippen LogP contribution in [0, 0.1) is 5.92 Å². The molecule has 0 spiro atoms. The minimum atomic E-state index is -0.930. The van der Waals surface area contributed by atoms with Crippen LogP contribution >= 0.6 is 0 Å². The molecule has 1 aromatic rings. The van der Waals surface area contributed by atoms with Crippen LogP contribution < -0.4 is 5.32 Å². The number of aliphatic carboxylic acids is 1. The zero-order chi connectivity index (χ0) is 14.8. The summed E-state index contributed by atoms with van der Waals surface area (Å²) in [5.41, 5.74) is 2.44. The molecule has 3 rings (SSSR count). The van der Waals surface area contributed by atoms with Crippen LogP contribution in [0.5, 0.6) is 0 Å². The Hall–Kier alpha value is -2.04. The summed E-state index contributed by atoms with van der Waals surface area (Å²) in [7, 11) is 0. The first-order valence-corrected chi connectivity index (χ1v) is 7.50. The number of hydrogen-bond donors (Lipinski definition) is 2. The third-order valence-electron chi connectivity index (χ3n) is 4.28. The average molecular weight is 288 g/mol. The van der Waals surface area contributed by atoms with Gasteiger partial charge < -0.3 is 15.3 Å². The minimum Gasteiger partial charge on any atom is -0.480 e. The zero-order valence-electron chi connectivity index (χ0n) is 11.9. The molecule has 1 aromatic carbocycles. The van der Waals surface area contributed by atoms with Gasteiger partial charge in [0.05, 0.1) is 0 Å². The van der Waals surface area contributed by atoms with Gasteiger partial charge in [-0.05, 0) is 42.7 Å². The van der Waals surface area contributed by atoms with E-state index in [-0.39, 0.29) is 11.9 Å². The monoisotopic (exact) mass is 288 g/mol. The number of nitrogens with zero attached hydrogens (tertiary/aromatic N) is 1. The van der Waals surface area contributed by atoms with E-state index in [0.29, 0.717) is 13.1 Å². The number of carboxylic acid groups (broad SMARTS) is 1. The number of nitrogens with one attached hydrogen (secondary N) is 1. The van der Waals surface area contributed by atoms with Crippen molar-refractivity contribution in [3.63, 3.8) is 0 Å². The maximum absolute atomic E-state index is 12.4. The topological polar surface area (TPSA) is 69.6 Å². The molecule has 5 heteroatoms. The fraction of sp³-hybridized carbons (Fsp3) is 0.500. The van der Waals surface area contributed by atoms with Crippen LogP contribution in [-0.4, -0.2) is 34.6 Å². The van der Waals surface area contributed by atoms with Gasteiger partial charge in [0.15, 0.2) is 0 Å². The highest BCUT2D eigenvalue weighted by atomic mass is 16.4.